The third-order valence-corrected chi connectivity index (χ3v) is 3.21. The lowest BCUT2D eigenvalue weighted by Gasteiger charge is -2.09. The summed E-state index contributed by atoms with van der Waals surface area (Å²) in [5.74, 6) is 0. The van der Waals surface area contributed by atoms with Gasteiger partial charge in [0.1, 0.15) is 5.03 Å². The van der Waals surface area contributed by atoms with Crippen molar-refractivity contribution in [2.24, 2.45) is 5.73 Å². The van der Waals surface area contributed by atoms with Gasteiger partial charge in [0.15, 0.2) is 0 Å². The van der Waals surface area contributed by atoms with Crippen molar-refractivity contribution in [3.8, 4) is 0 Å². The van der Waals surface area contributed by atoms with E-state index in [9.17, 15) is 0 Å². The highest BCUT2D eigenvalue weighted by Gasteiger charge is 2.08. The van der Waals surface area contributed by atoms with Gasteiger partial charge < -0.3 is 5.73 Å². The summed E-state index contributed by atoms with van der Waals surface area (Å²) in [6.45, 7) is 6.69. The van der Waals surface area contributed by atoms with Gasteiger partial charge in [0.05, 0.1) is 5.02 Å². The van der Waals surface area contributed by atoms with Gasteiger partial charge in [-0.1, -0.05) is 25.4 Å². The summed E-state index contributed by atoms with van der Waals surface area (Å²) in [4.78, 5) is 4.43. The van der Waals surface area contributed by atoms with Gasteiger partial charge in [-0.05, 0) is 18.6 Å². The number of pyridine rings is 1. The van der Waals surface area contributed by atoms with Gasteiger partial charge >= 0.3 is 0 Å². The van der Waals surface area contributed by atoms with Gasteiger partial charge in [-0.2, -0.15) is 0 Å². The van der Waals surface area contributed by atoms with Crippen LogP contribution in [0.3, 0.4) is 0 Å². The molecule has 78 valence electrons. The maximum absolute atomic E-state index is 6.09. The number of halogens is 1. The fourth-order valence-corrected chi connectivity index (χ4v) is 2.22. The van der Waals surface area contributed by atoms with E-state index < -0.39 is 0 Å². The molecule has 14 heavy (non-hydrogen) atoms. The molecule has 1 aromatic heterocycles. The molecule has 0 aliphatic rings. The first kappa shape index (κ1) is 11.8. The number of aromatic nitrogens is 1. The molecule has 0 saturated heterocycles. The first-order valence-electron chi connectivity index (χ1n) is 4.57. The van der Waals surface area contributed by atoms with E-state index in [0.29, 0.717) is 16.8 Å². The van der Waals surface area contributed by atoms with Crippen LogP contribution in [0.15, 0.2) is 11.1 Å². The second-order valence-corrected chi connectivity index (χ2v) is 5.36. The standard InChI is InChI=1S/C10H15ClN2S/c1-6(2)14-10-9(11)4-8(5-12)7(3)13-10/h4,6H,5,12H2,1-3H3. The van der Waals surface area contributed by atoms with E-state index in [1.807, 2.05) is 13.0 Å². The Labute approximate surface area is 94.2 Å². The molecule has 0 aliphatic carbocycles. The summed E-state index contributed by atoms with van der Waals surface area (Å²) >= 11 is 7.76. The third-order valence-electron chi connectivity index (χ3n) is 1.81. The van der Waals surface area contributed by atoms with Crippen LogP contribution >= 0.6 is 23.4 Å². The summed E-state index contributed by atoms with van der Waals surface area (Å²) in [5.41, 5.74) is 7.55. The Kier molecular flexibility index (Phi) is 4.23. The van der Waals surface area contributed by atoms with Crippen LogP contribution in [-0.2, 0) is 6.54 Å². The Morgan fingerprint density at radius 2 is 2.21 bits per heavy atom. The summed E-state index contributed by atoms with van der Waals surface area (Å²) in [5, 5.41) is 2.09. The summed E-state index contributed by atoms with van der Waals surface area (Å²) in [6.07, 6.45) is 0. The van der Waals surface area contributed by atoms with Gasteiger partial charge in [0.25, 0.3) is 0 Å². The van der Waals surface area contributed by atoms with Crippen molar-refractivity contribution in [3.05, 3.63) is 22.3 Å². The monoisotopic (exact) mass is 230 g/mol. The van der Waals surface area contributed by atoms with E-state index >= 15 is 0 Å². The smallest absolute Gasteiger partial charge is 0.115 e. The highest BCUT2D eigenvalue weighted by Crippen LogP contribution is 2.29. The van der Waals surface area contributed by atoms with Crippen molar-refractivity contribution >= 4 is 23.4 Å². The Morgan fingerprint density at radius 1 is 1.57 bits per heavy atom. The third kappa shape index (κ3) is 2.87. The molecule has 1 heterocycles. The molecule has 0 saturated carbocycles. The number of nitrogens with zero attached hydrogens (tertiary/aromatic N) is 1. The molecule has 0 spiro atoms. The minimum Gasteiger partial charge on any atom is -0.326 e. The zero-order chi connectivity index (χ0) is 10.7. The SMILES string of the molecule is Cc1nc(SC(C)C)c(Cl)cc1CN. The van der Waals surface area contributed by atoms with Gasteiger partial charge in [0.2, 0.25) is 0 Å². The minimum atomic E-state index is 0.489. The molecule has 0 bridgehead atoms. The van der Waals surface area contributed by atoms with Crippen LogP contribution in [0.2, 0.25) is 5.02 Å². The molecule has 0 aliphatic heterocycles. The van der Waals surface area contributed by atoms with Crippen LogP contribution < -0.4 is 5.73 Å². The Hall–Kier alpha value is -0.250. The van der Waals surface area contributed by atoms with Gasteiger partial charge in [-0.15, -0.1) is 11.8 Å². The molecule has 0 atom stereocenters. The van der Waals surface area contributed by atoms with Crippen LogP contribution in [0.1, 0.15) is 25.1 Å². The molecule has 1 aromatic rings. The second-order valence-electron chi connectivity index (χ2n) is 3.39. The fourth-order valence-electron chi connectivity index (χ4n) is 1.11. The topological polar surface area (TPSA) is 38.9 Å². The molecular formula is C10H15ClN2S. The van der Waals surface area contributed by atoms with Crippen LogP contribution in [0.4, 0.5) is 0 Å². The van der Waals surface area contributed by atoms with Crippen LogP contribution in [0.25, 0.3) is 0 Å². The Bertz CT molecular complexity index is 326. The highest BCUT2D eigenvalue weighted by atomic mass is 35.5. The quantitative estimate of drug-likeness (QED) is 0.812. The predicted octanol–water partition coefficient (Wildman–Crippen LogP) is 3.00. The average Bonchev–Trinajstić information content (AvgIpc) is 2.10. The molecule has 4 heteroatoms. The lowest BCUT2D eigenvalue weighted by atomic mass is 10.2. The summed E-state index contributed by atoms with van der Waals surface area (Å²) in [7, 11) is 0. The lowest BCUT2D eigenvalue weighted by Crippen LogP contribution is -2.02. The fraction of sp³-hybridized carbons (Fsp3) is 0.500. The van der Waals surface area contributed by atoms with E-state index in [0.717, 1.165) is 16.3 Å². The molecule has 0 amide bonds. The second kappa shape index (κ2) is 5.01. The van der Waals surface area contributed by atoms with E-state index in [-0.39, 0.29) is 0 Å². The number of thioether (sulfide) groups is 1. The zero-order valence-corrected chi connectivity index (χ0v) is 10.2. The van der Waals surface area contributed by atoms with Crippen molar-refractivity contribution < 1.29 is 0 Å². The van der Waals surface area contributed by atoms with Crippen LogP contribution in [0.5, 0.6) is 0 Å². The van der Waals surface area contributed by atoms with Crippen LogP contribution in [-0.4, -0.2) is 10.2 Å². The first-order chi connectivity index (χ1) is 6.54. The first-order valence-corrected chi connectivity index (χ1v) is 5.83. The van der Waals surface area contributed by atoms with E-state index in [1.165, 1.54) is 0 Å². The van der Waals surface area contributed by atoms with Crippen molar-refractivity contribution in [1.29, 1.82) is 0 Å². The number of nitrogens with two attached hydrogens (primary N) is 1. The molecule has 0 aromatic carbocycles. The summed E-state index contributed by atoms with van der Waals surface area (Å²) < 4.78 is 0. The number of rotatable bonds is 3. The normalized spacial score (nSPS) is 11.0. The molecular weight excluding hydrogens is 216 g/mol. The Balaban J connectivity index is 3.02. The van der Waals surface area contributed by atoms with Crippen molar-refractivity contribution in [1.82, 2.24) is 4.98 Å². The predicted molar refractivity (Wildman–Crippen MR) is 62.9 cm³/mol. The van der Waals surface area contributed by atoms with E-state index in [1.54, 1.807) is 11.8 Å². The number of hydrogen-bond acceptors (Lipinski definition) is 3. The number of hydrogen-bond donors (Lipinski definition) is 1. The van der Waals surface area contributed by atoms with Crippen molar-refractivity contribution in [2.75, 3.05) is 0 Å². The van der Waals surface area contributed by atoms with Gasteiger partial charge in [-0.25, -0.2) is 4.98 Å². The molecule has 1 rings (SSSR count). The van der Waals surface area contributed by atoms with E-state index in [4.69, 9.17) is 17.3 Å². The highest BCUT2D eigenvalue weighted by molar-refractivity contribution is 7.99. The van der Waals surface area contributed by atoms with Crippen molar-refractivity contribution in [2.45, 2.75) is 37.6 Å². The molecule has 2 nitrogen and oxygen atoms in total. The minimum absolute atomic E-state index is 0.489. The van der Waals surface area contributed by atoms with Crippen molar-refractivity contribution in [3.63, 3.8) is 0 Å². The molecule has 0 fully saturated rings. The number of aryl methyl sites for hydroxylation is 1. The largest absolute Gasteiger partial charge is 0.326 e. The molecule has 2 N–H and O–H groups in total. The zero-order valence-electron chi connectivity index (χ0n) is 8.67. The molecule has 0 unspecified atom stereocenters. The van der Waals surface area contributed by atoms with Gasteiger partial charge in [0, 0.05) is 17.5 Å². The maximum Gasteiger partial charge on any atom is 0.115 e. The summed E-state index contributed by atoms with van der Waals surface area (Å²) in [6, 6.07) is 1.91. The molecule has 0 radical (unpaired) electrons. The van der Waals surface area contributed by atoms with Crippen LogP contribution in [0, 0.1) is 6.92 Å². The maximum atomic E-state index is 6.09. The van der Waals surface area contributed by atoms with Gasteiger partial charge in [-0.3, -0.25) is 0 Å². The Morgan fingerprint density at radius 3 is 2.71 bits per heavy atom. The van der Waals surface area contributed by atoms with E-state index in [2.05, 4.69) is 18.8 Å². The lowest BCUT2D eigenvalue weighted by molar-refractivity contribution is 0.959. The average molecular weight is 231 g/mol.